The van der Waals surface area contributed by atoms with Crippen LogP contribution >= 0.6 is 10.8 Å². The zero-order valence-electron chi connectivity index (χ0n) is 18.2. The summed E-state index contributed by atoms with van der Waals surface area (Å²) in [6.07, 6.45) is 1.45. The predicted octanol–water partition coefficient (Wildman–Crippen LogP) is 3.02. The number of benzene rings is 1. The van der Waals surface area contributed by atoms with Gasteiger partial charge in [-0.3, -0.25) is 4.79 Å². The average molecular weight is 462 g/mol. The normalized spacial score (nSPS) is 11.7. The fourth-order valence-electron chi connectivity index (χ4n) is 2.29. The SMILES string of the molecule is Cc1ccc(S(=O)(=O)SCCOCCOCCOCCNC(=O)CCC(C)C)cc1. The van der Waals surface area contributed by atoms with E-state index in [0.29, 0.717) is 69.2 Å². The van der Waals surface area contributed by atoms with Gasteiger partial charge in [0.05, 0.1) is 44.5 Å². The molecule has 0 heterocycles. The molecule has 172 valence electrons. The minimum Gasteiger partial charge on any atom is -0.378 e. The smallest absolute Gasteiger partial charge is 0.230 e. The summed E-state index contributed by atoms with van der Waals surface area (Å²) in [5.74, 6) is 0.950. The maximum absolute atomic E-state index is 12.2. The number of ether oxygens (including phenoxy) is 3. The van der Waals surface area contributed by atoms with E-state index >= 15 is 0 Å². The Hall–Kier alpha value is -1.13. The van der Waals surface area contributed by atoms with Gasteiger partial charge >= 0.3 is 0 Å². The van der Waals surface area contributed by atoms with Crippen LogP contribution in [0, 0.1) is 12.8 Å². The van der Waals surface area contributed by atoms with Crippen molar-refractivity contribution in [2.24, 2.45) is 5.92 Å². The molecule has 1 amide bonds. The molecule has 0 aliphatic heterocycles. The van der Waals surface area contributed by atoms with Crippen molar-refractivity contribution in [1.29, 1.82) is 0 Å². The summed E-state index contributed by atoms with van der Waals surface area (Å²) < 4.78 is 40.5. The summed E-state index contributed by atoms with van der Waals surface area (Å²) in [5.41, 5.74) is 1.02. The molecule has 1 rings (SSSR count). The molecule has 0 aromatic heterocycles. The van der Waals surface area contributed by atoms with Crippen LogP contribution < -0.4 is 5.32 Å². The molecule has 1 aromatic rings. The molecule has 0 unspecified atom stereocenters. The molecule has 1 N–H and O–H groups in total. The predicted molar refractivity (Wildman–Crippen MR) is 120 cm³/mol. The van der Waals surface area contributed by atoms with Gasteiger partial charge < -0.3 is 19.5 Å². The van der Waals surface area contributed by atoms with Crippen molar-refractivity contribution in [3.8, 4) is 0 Å². The van der Waals surface area contributed by atoms with E-state index in [0.717, 1.165) is 22.8 Å². The van der Waals surface area contributed by atoms with Gasteiger partial charge in [-0.05, 0) is 42.2 Å². The Kier molecular flexibility index (Phi) is 14.0. The topological polar surface area (TPSA) is 90.9 Å². The second-order valence-corrected chi connectivity index (χ2v) is 11.3. The van der Waals surface area contributed by atoms with Crippen molar-refractivity contribution >= 4 is 25.6 Å². The van der Waals surface area contributed by atoms with Crippen molar-refractivity contribution < 1.29 is 27.4 Å². The van der Waals surface area contributed by atoms with Crippen LogP contribution in [0.1, 0.15) is 32.3 Å². The third-order valence-electron chi connectivity index (χ3n) is 4.04. The summed E-state index contributed by atoms with van der Waals surface area (Å²) in [6.45, 7) is 9.13. The van der Waals surface area contributed by atoms with Gasteiger partial charge in [0, 0.05) is 18.7 Å². The third-order valence-corrected chi connectivity index (χ3v) is 7.54. The number of hydrogen-bond donors (Lipinski definition) is 1. The van der Waals surface area contributed by atoms with Gasteiger partial charge in [-0.2, -0.15) is 0 Å². The third kappa shape index (κ3) is 13.2. The number of hydrogen-bond acceptors (Lipinski definition) is 7. The van der Waals surface area contributed by atoms with Gasteiger partial charge in [0.25, 0.3) is 0 Å². The second-order valence-electron chi connectivity index (χ2n) is 7.21. The second kappa shape index (κ2) is 15.6. The van der Waals surface area contributed by atoms with E-state index in [4.69, 9.17) is 14.2 Å². The van der Waals surface area contributed by atoms with Crippen molar-refractivity contribution in [1.82, 2.24) is 5.32 Å². The molecular formula is C21H35NO6S2. The largest absolute Gasteiger partial charge is 0.378 e. The molecule has 1 aromatic carbocycles. The Morgan fingerprint density at radius 1 is 0.967 bits per heavy atom. The van der Waals surface area contributed by atoms with Gasteiger partial charge in [0.1, 0.15) is 0 Å². The Morgan fingerprint density at radius 3 is 2.13 bits per heavy atom. The average Bonchev–Trinajstić information content (AvgIpc) is 2.70. The van der Waals surface area contributed by atoms with E-state index in [1.165, 1.54) is 0 Å². The lowest BCUT2D eigenvalue weighted by molar-refractivity contribution is -0.121. The van der Waals surface area contributed by atoms with Crippen molar-refractivity contribution in [2.75, 3.05) is 51.9 Å². The highest BCUT2D eigenvalue weighted by Crippen LogP contribution is 2.23. The van der Waals surface area contributed by atoms with Crippen LogP contribution in [-0.2, 0) is 27.9 Å². The monoisotopic (exact) mass is 461 g/mol. The first-order valence-electron chi connectivity index (χ1n) is 10.3. The number of nitrogens with one attached hydrogen (secondary N) is 1. The van der Waals surface area contributed by atoms with E-state index in [1.54, 1.807) is 24.3 Å². The van der Waals surface area contributed by atoms with Gasteiger partial charge in [0.15, 0.2) is 0 Å². The molecule has 0 atom stereocenters. The van der Waals surface area contributed by atoms with E-state index in [9.17, 15) is 13.2 Å². The Morgan fingerprint density at radius 2 is 1.53 bits per heavy atom. The standard InChI is InChI=1S/C21H35NO6S2/c1-18(2)4-9-21(23)22-10-11-26-12-13-27-14-15-28-16-17-29-30(24,25)20-7-5-19(3)6-8-20/h5-8,18H,4,9-17H2,1-3H3,(H,22,23). The zero-order chi connectivity index (χ0) is 22.2. The molecular weight excluding hydrogens is 426 g/mol. The number of carbonyl (C=O) groups is 1. The van der Waals surface area contributed by atoms with Crippen LogP contribution in [0.2, 0.25) is 0 Å². The highest BCUT2D eigenvalue weighted by molar-refractivity contribution is 8.72. The molecule has 0 aliphatic rings. The van der Waals surface area contributed by atoms with Gasteiger partial charge in [0.2, 0.25) is 14.8 Å². The maximum atomic E-state index is 12.2. The first-order valence-corrected chi connectivity index (χ1v) is 13.3. The van der Waals surface area contributed by atoms with Crippen molar-refractivity contribution in [3.05, 3.63) is 29.8 Å². The quantitative estimate of drug-likeness (QED) is 0.282. The van der Waals surface area contributed by atoms with Crippen LogP contribution in [0.15, 0.2) is 29.2 Å². The van der Waals surface area contributed by atoms with Crippen LogP contribution in [-0.4, -0.2) is 66.3 Å². The Labute approximate surface area is 184 Å². The molecule has 0 saturated carbocycles. The summed E-state index contributed by atoms with van der Waals surface area (Å²) in [5, 5.41) is 2.82. The van der Waals surface area contributed by atoms with Crippen molar-refractivity contribution in [3.63, 3.8) is 0 Å². The Bertz CT molecular complexity index is 692. The fraction of sp³-hybridized carbons (Fsp3) is 0.667. The van der Waals surface area contributed by atoms with Gasteiger partial charge in [-0.25, -0.2) is 8.42 Å². The first kappa shape index (κ1) is 26.9. The summed E-state index contributed by atoms with van der Waals surface area (Å²) in [6, 6.07) is 6.81. The van der Waals surface area contributed by atoms with Crippen LogP contribution in [0.25, 0.3) is 0 Å². The number of amides is 1. The summed E-state index contributed by atoms with van der Waals surface area (Å²) in [4.78, 5) is 11.8. The van der Waals surface area contributed by atoms with E-state index in [-0.39, 0.29) is 5.91 Å². The summed E-state index contributed by atoms with van der Waals surface area (Å²) in [7, 11) is -2.46. The number of aryl methyl sites for hydroxylation is 1. The van der Waals surface area contributed by atoms with E-state index < -0.39 is 8.87 Å². The van der Waals surface area contributed by atoms with Gasteiger partial charge in [-0.1, -0.05) is 31.5 Å². The number of carbonyl (C=O) groups excluding carboxylic acids is 1. The van der Waals surface area contributed by atoms with Crippen molar-refractivity contribution in [2.45, 2.75) is 38.5 Å². The minimum absolute atomic E-state index is 0.0607. The molecule has 0 spiro atoms. The summed E-state index contributed by atoms with van der Waals surface area (Å²) >= 11 is 0. The molecule has 0 aliphatic carbocycles. The molecule has 0 fully saturated rings. The molecule has 0 saturated heterocycles. The Balaban J connectivity index is 1.91. The molecule has 30 heavy (non-hydrogen) atoms. The van der Waals surface area contributed by atoms with E-state index in [2.05, 4.69) is 19.2 Å². The lowest BCUT2D eigenvalue weighted by Crippen LogP contribution is -2.27. The van der Waals surface area contributed by atoms with Gasteiger partial charge in [-0.15, -0.1) is 0 Å². The lowest BCUT2D eigenvalue weighted by atomic mass is 10.1. The van der Waals surface area contributed by atoms with Crippen LogP contribution in [0.4, 0.5) is 0 Å². The molecule has 0 radical (unpaired) electrons. The fourth-order valence-corrected chi connectivity index (χ4v) is 4.90. The zero-order valence-corrected chi connectivity index (χ0v) is 19.9. The molecule has 9 heteroatoms. The number of rotatable bonds is 17. The lowest BCUT2D eigenvalue weighted by Gasteiger charge is -2.08. The maximum Gasteiger partial charge on any atom is 0.230 e. The first-order chi connectivity index (χ1) is 14.3. The molecule has 0 bridgehead atoms. The van der Waals surface area contributed by atoms with Crippen LogP contribution in [0.5, 0.6) is 0 Å². The van der Waals surface area contributed by atoms with E-state index in [1.807, 2.05) is 6.92 Å². The molecule has 7 nitrogen and oxygen atoms in total. The van der Waals surface area contributed by atoms with Crippen LogP contribution in [0.3, 0.4) is 0 Å². The highest BCUT2D eigenvalue weighted by atomic mass is 33.1. The highest BCUT2D eigenvalue weighted by Gasteiger charge is 2.14. The minimum atomic E-state index is -3.34.